The molecule has 1 aliphatic rings. The van der Waals surface area contributed by atoms with E-state index in [2.05, 4.69) is 17.1 Å². The lowest BCUT2D eigenvalue weighted by Gasteiger charge is -2.15. The third-order valence-electron chi connectivity index (χ3n) is 5.26. The number of benzene rings is 2. The number of hydrogen-bond acceptors (Lipinski definition) is 5. The molecule has 5 nitrogen and oxygen atoms in total. The Morgan fingerprint density at radius 1 is 1.10 bits per heavy atom. The first-order valence-electron chi connectivity index (χ1n) is 10.2. The maximum absolute atomic E-state index is 13.0. The molecule has 0 radical (unpaired) electrons. The molecule has 1 aliphatic heterocycles. The third kappa shape index (κ3) is 4.49. The summed E-state index contributed by atoms with van der Waals surface area (Å²) in [4.78, 5) is 19.5. The van der Waals surface area contributed by atoms with Crippen LogP contribution in [0.25, 0.3) is 10.6 Å². The van der Waals surface area contributed by atoms with Crippen molar-refractivity contribution >= 4 is 17.2 Å². The summed E-state index contributed by atoms with van der Waals surface area (Å²) in [6, 6.07) is 16.0. The Kier molecular flexibility index (Phi) is 6.04. The van der Waals surface area contributed by atoms with Gasteiger partial charge < -0.3 is 14.4 Å². The Labute approximate surface area is 181 Å². The molecular formula is C24H26N2O3S. The summed E-state index contributed by atoms with van der Waals surface area (Å²) in [7, 11) is 1.67. The molecule has 2 aromatic carbocycles. The van der Waals surface area contributed by atoms with Crippen molar-refractivity contribution in [2.24, 2.45) is 0 Å². The van der Waals surface area contributed by atoms with Crippen molar-refractivity contribution in [3.05, 3.63) is 65.2 Å². The molecule has 2 heterocycles. The van der Waals surface area contributed by atoms with Crippen molar-refractivity contribution in [2.75, 3.05) is 20.2 Å². The number of nitrogens with zero attached hydrogens (tertiary/aromatic N) is 2. The lowest BCUT2D eigenvalue weighted by Crippen LogP contribution is -2.28. The van der Waals surface area contributed by atoms with E-state index in [1.165, 1.54) is 16.9 Å². The van der Waals surface area contributed by atoms with Gasteiger partial charge in [0.1, 0.15) is 22.2 Å². The van der Waals surface area contributed by atoms with Crippen LogP contribution in [-0.2, 0) is 0 Å². The third-order valence-corrected chi connectivity index (χ3v) is 6.15. The number of carbonyl (C=O) groups excluding carboxylic acids is 1. The average Bonchev–Trinajstić information content (AvgIpc) is 3.44. The number of carbonyl (C=O) groups is 1. The lowest BCUT2D eigenvalue weighted by molar-refractivity contribution is 0.0786. The van der Waals surface area contributed by atoms with Crippen LogP contribution < -0.4 is 9.47 Å². The molecule has 4 rings (SSSR count). The average molecular weight is 423 g/mol. The molecule has 30 heavy (non-hydrogen) atoms. The van der Waals surface area contributed by atoms with Crippen molar-refractivity contribution in [3.8, 4) is 22.1 Å². The van der Waals surface area contributed by atoms with E-state index in [1.807, 2.05) is 60.5 Å². The Balaban J connectivity index is 1.41. The van der Waals surface area contributed by atoms with Crippen molar-refractivity contribution in [1.29, 1.82) is 0 Å². The summed E-state index contributed by atoms with van der Waals surface area (Å²) in [5.74, 6) is 2.05. The lowest BCUT2D eigenvalue weighted by atomic mass is 9.98. The van der Waals surface area contributed by atoms with Crippen LogP contribution in [0.4, 0.5) is 0 Å². The fourth-order valence-corrected chi connectivity index (χ4v) is 4.51. The molecule has 0 N–H and O–H groups in total. The molecule has 0 bridgehead atoms. The Morgan fingerprint density at radius 2 is 1.80 bits per heavy atom. The smallest absolute Gasteiger partial charge is 0.273 e. The van der Waals surface area contributed by atoms with E-state index in [0.29, 0.717) is 11.6 Å². The van der Waals surface area contributed by atoms with E-state index in [0.717, 1.165) is 41.6 Å². The predicted octanol–water partition coefficient (Wildman–Crippen LogP) is 5.24. The van der Waals surface area contributed by atoms with Crippen LogP contribution in [0.2, 0.25) is 0 Å². The molecule has 1 amide bonds. The van der Waals surface area contributed by atoms with Gasteiger partial charge in [0.25, 0.3) is 5.91 Å². The van der Waals surface area contributed by atoms with Gasteiger partial charge in [-0.3, -0.25) is 4.79 Å². The van der Waals surface area contributed by atoms with Crippen LogP contribution in [0.1, 0.15) is 42.2 Å². The zero-order valence-electron chi connectivity index (χ0n) is 17.5. The fourth-order valence-electron chi connectivity index (χ4n) is 3.71. The van der Waals surface area contributed by atoms with Crippen molar-refractivity contribution in [1.82, 2.24) is 9.88 Å². The van der Waals surface area contributed by atoms with Gasteiger partial charge in [-0.2, -0.15) is 0 Å². The highest BCUT2D eigenvalue weighted by Crippen LogP contribution is 2.31. The van der Waals surface area contributed by atoms with Gasteiger partial charge in [0, 0.05) is 30.0 Å². The van der Waals surface area contributed by atoms with E-state index in [4.69, 9.17) is 9.47 Å². The van der Waals surface area contributed by atoms with E-state index < -0.39 is 0 Å². The molecule has 0 saturated carbocycles. The molecule has 1 atom stereocenters. The first-order valence-corrected chi connectivity index (χ1v) is 11.1. The quantitative estimate of drug-likeness (QED) is 0.545. The molecule has 0 spiro atoms. The van der Waals surface area contributed by atoms with Gasteiger partial charge in [-0.05, 0) is 62.2 Å². The largest absolute Gasteiger partial charge is 0.497 e. The van der Waals surface area contributed by atoms with E-state index in [1.54, 1.807) is 7.11 Å². The van der Waals surface area contributed by atoms with Gasteiger partial charge in [0.05, 0.1) is 13.2 Å². The summed E-state index contributed by atoms with van der Waals surface area (Å²) in [5.41, 5.74) is 2.76. The van der Waals surface area contributed by atoms with Crippen molar-refractivity contribution in [3.63, 3.8) is 0 Å². The summed E-state index contributed by atoms with van der Waals surface area (Å²) < 4.78 is 10.9. The number of hydrogen-bond donors (Lipinski definition) is 0. The molecule has 1 fully saturated rings. The number of aromatic nitrogens is 1. The summed E-state index contributed by atoms with van der Waals surface area (Å²) >= 11 is 1.50. The van der Waals surface area contributed by atoms with Crippen molar-refractivity contribution in [2.45, 2.75) is 32.3 Å². The summed E-state index contributed by atoms with van der Waals surface area (Å²) in [6.07, 6.45) is 1.11. The maximum Gasteiger partial charge on any atom is 0.273 e. The van der Waals surface area contributed by atoms with E-state index in [9.17, 15) is 4.79 Å². The van der Waals surface area contributed by atoms with E-state index in [-0.39, 0.29) is 12.0 Å². The van der Waals surface area contributed by atoms with Gasteiger partial charge >= 0.3 is 0 Å². The van der Waals surface area contributed by atoms with Gasteiger partial charge in [-0.25, -0.2) is 4.98 Å². The van der Waals surface area contributed by atoms with E-state index >= 15 is 0 Å². The maximum atomic E-state index is 13.0. The fraction of sp³-hybridized carbons (Fsp3) is 0.333. The number of methoxy groups -OCH3 is 1. The monoisotopic (exact) mass is 422 g/mol. The van der Waals surface area contributed by atoms with Crippen LogP contribution >= 0.6 is 11.3 Å². The second-order valence-electron chi connectivity index (χ2n) is 7.74. The van der Waals surface area contributed by atoms with Gasteiger partial charge in [-0.15, -0.1) is 11.3 Å². The first kappa shape index (κ1) is 20.4. The van der Waals surface area contributed by atoms with Gasteiger partial charge in [-0.1, -0.05) is 12.1 Å². The number of amides is 1. The van der Waals surface area contributed by atoms with Crippen LogP contribution in [0.3, 0.4) is 0 Å². The molecule has 156 valence electrons. The minimum Gasteiger partial charge on any atom is -0.497 e. The zero-order chi connectivity index (χ0) is 21.1. The second-order valence-corrected chi connectivity index (χ2v) is 8.60. The van der Waals surface area contributed by atoms with Crippen LogP contribution in [0.5, 0.6) is 11.5 Å². The van der Waals surface area contributed by atoms with Gasteiger partial charge in [0.15, 0.2) is 0 Å². The van der Waals surface area contributed by atoms with Crippen LogP contribution in [0.15, 0.2) is 53.9 Å². The minimum atomic E-state index is 0.00766. The van der Waals surface area contributed by atoms with Crippen LogP contribution in [0, 0.1) is 0 Å². The summed E-state index contributed by atoms with van der Waals surface area (Å²) in [6.45, 7) is 5.48. The predicted molar refractivity (Wildman–Crippen MR) is 120 cm³/mol. The Hall–Kier alpha value is -2.86. The molecule has 1 aromatic heterocycles. The minimum absolute atomic E-state index is 0.00766. The highest BCUT2D eigenvalue weighted by Gasteiger charge is 2.29. The molecule has 1 unspecified atom stereocenters. The van der Waals surface area contributed by atoms with Gasteiger partial charge in [0.2, 0.25) is 0 Å². The Bertz CT molecular complexity index is 996. The number of likely N-dealkylation sites (tertiary alicyclic amines) is 1. The normalized spacial score (nSPS) is 16.1. The zero-order valence-corrected chi connectivity index (χ0v) is 18.3. The molecule has 0 aliphatic carbocycles. The summed E-state index contributed by atoms with van der Waals surface area (Å²) in [5, 5.41) is 2.71. The Morgan fingerprint density at radius 3 is 2.47 bits per heavy atom. The number of thiazole rings is 1. The molecular weight excluding hydrogens is 396 g/mol. The molecule has 1 saturated heterocycles. The molecule has 6 heteroatoms. The molecule has 3 aromatic rings. The standard InChI is InChI=1S/C24H26N2O3S/c1-16(2)29-21-10-6-18(7-11-21)23-25-22(15-30-23)24(27)26-13-12-19(14-26)17-4-8-20(28-3)9-5-17/h4-11,15-16,19H,12-14H2,1-3H3. The highest BCUT2D eigenvalue weighted by atomic mass is 32.1. The SMILES string of the molecule is COc1ccc(C2CCN(C(=O)c3csc(-c4ccc(OC(C)C)cc4)n3)C2)cc1. The van der Waals surface area contributed by atoms with Crippen molar-refractivity contribution < 1.29 is 14.3 Å². The first-order chi connectivity index (χ1) is 14.5. The number of ether oxygens (including phenoxy) is 2. The topological polar surface area (TPSA) is 51.7 Å². The number of rotatable bonds is 6. The second kappa shape index (κ2) is 8.88. The highest BCUT2D eigenvalue weighted by molar-refractivity contribution is 7.13. The van der Waals surface area contributed by atoms with Crippen LogP contribution in [-0.4, -0.2) is 42.1 Å².